The second kappa shape index (κ2) is 11.4. The fourth-order valence-corrected chi connectivity index (χ4v) is 3.62. The molecule has 2 aromatic heterocycles. The first kappa shape index (κ1) is 21.9. The van der Waals surface area contributed by atoms with Crippen LogP contribution in [0.1, 0.15) is 29.7 Å². The maximum Gasteiger partial charge on any atom is 0.285 e. The van der Waals surface area contributed by atoms with Gasteiger partial charge in [-0.05, 0) is 48.9 Å². The first-order valence-corrected chi connectivity index (χ1v) is 10.8. The van der Waals surface area contributed by atoms with Gasteiger partial charge in [0.2, 0.25) is 5.91 Å². The molecular weight excluding hydrogens is 422 g/mol. The summed E-state index contributed by atoms with van der Waals surface area (Å²) in [6.07, 6.45) is 4.32. The Morgan fingerprint density at radius 1 is 1.27 bits per heavy atom. The molecule has 0 unspecified atom stereocenters. The minimum atomic E-state index is -0.148. The highest BCUT2D eigenvalue weighted by molar-refractivity contribution is 7.99. The summed E-state index contributed by atoms with van der Waals surface area (Å²) in [7, 11) is 0. The van der Waals surface area contributed by atoms with Crippen LogP contribution in [-0.4, -0.2) is 22.9 Å². The van der Waals surface area contributed by atoms with Gasteiger partial charge in [0, 0.05) is 29.3 Å². The maximum absolute atomic E-state index is 11.9. The van der Waals surface area contributed by atoms with E-state index in [4.69, 9.17) is 20.8 Å². The van der Waals surface area contributed by atoms with Gasteiger partial charge in [0.05, 0.1) is 11.2 Å². The molecule has 1 N–H and O–H groups in total. The van der Waals surface area contributed by atoms with Crippen LogP contribution < -0.4 is 10.2 Å². The molecule has 0 saturated carbocycles. The average Bonchev–Trinajstić information content (AvgIpc) is 3.19. The second-order valence-electron chi connectivity index (χ2n) is 6.39. The molecule has 30 heavy (non-hydrogen) atoms. The molecular formula is C22H22ClN3O3S. The number of thioether (sulfide) groups is 1. The van der Waals surface area contributed by atoms with Crippen molar-refractivity contribution in [2.24, 2.45) is 5.10 Å². The lowest BCUT2D eigenvalue weighted by molar-refractivity contribution is -0.121. The van der Waals surface area contributed by atoms with Crippen LogP contribution in [0.5, 0.6) is 5.95 Å². The number of nitrogens with one attached hydrogen (secondary N) is 1. The van der Waals surface area contributed by atoms with Crippen molar-refractivity contribution in [1.29, 1.82) is 0 Å². The zero-order valence-electron chi connectivity index (χ0n) is 16.5. The largest absolute Gasteiger partial charge is 0.460 e. The SMILES string of the molecule is Cc1cccc(Cl)c1COc1ccc(/C=N\NC(=O)CCCSc2ccccn2)o1. The minimum absolute atomic E-state index is 0.148. The summed E-state index contributed by atoms with van der Waals surface area (Å²) in [5.41, 5.74) is 4.47. The molecule has 0 bridgehead atoms. The summed E-state index contributed by atoms with van der Waals surface area (Å²) in [6, 6.07) is 14.9. The van der Waals surface area contributed by atoms with E-state index < -0.39 is 0 Å². The van der Waals surface area contributed by atoms with Crippen LogP contribution in [0, 0.1) is 6.92 Å². The quantitative estimate of drug-likeness (QED) is 0.201. The monoisotopic (exact) mass is 443 g/mol. The molecule has 8 heteroatoms. The lowest BCUT2D eigenvalue weighted by Gasteiger charge is -2.08. The van der Waals surface area contributed by atoms with Crippen molar-refractivity contribution in [1.82, 2.24) is 10.4 Å². The Hall–Kier alpha value is -2.77. The number of aromatic nitrogens is 1. The Labute approximate surface area is 184 Å². The third kappa shape index (κ3) is 6.93. The molecule has 3 rings (SSSR count). The number of hydrogen-bond acceptors (Lipinski definition) is 6. The van der Waals surface area contributed by atoms with Gasteiger partial charge in [-0.25, -0.2) is 10.4 Å². The number of carbonyl (C=O) groups excluding carboxylic acids is 1. The van der Waals surface area contributed by atoms with Crippen molar-refractivity contribution < 1.29 is 13.9 Å². The van der Waals surface area contributed by atoms with E-state index in [1.165, 1.54) is 6.21 Å². The molecule has 0 atom stereocenters. The number of furan rings is 1. The van der Waals surface area contributed by atoms with E-state index in [1.54, 1.807) is 30.1 Å². The number of hydrogen-bond donors (Lipinski definition) is 1. The Balaban J connectivity index is 1.37. The zero-order chi connectivity index (χ0) is 21.2. The van der Waals surface area contributed by atoms with Gasteiger partial charge in [-0.3, -0.25) is 4.79 Å². The van der Waals surface area contributed by atoms with Crippen molar-refractivity contribution in [3.05, 3.63) is 76.6 Å². The molecule has 2 heterocycles. The molecule has 1 aromatic carbocycles. The van der Waals surface area contributed by atoms with Gasteiger partial charge < -0.3 is 9.15 Å². The molecule has 0 aliphatic heterocycles. The highest BCUT2D eigenvalue weighted by atomic mass is 35.5. The van der Waals surface area contributed by atoms with Crippen molar-refractivity contribution in [2.75, 3.05) is 5.75 Å². The molecule has 0 fully saturated rings. The number of rotatable bonds is 10. The Kier molecular flexibility index (Phi) is 8.35. The first-order valence-electron chi connectivity index (χ1n) is 9.44. The van der Waals surface area contributed by atoms with Gasteiger partial charge in [-0.15, -0.1) is 11.8 Å². The predicted octanol–water partition coefficient (Wildman–Crippen LogP) is 5.24. The minimum Gasteiger partial charge on any atom is -0.460 e. The predicted molar refractivity (Wildman–Crippen MR) is 119 cm³/mol. The number of aryl methyl sites for hydroxylation is 1. The van der Waals surface area contributed by atoms with Gasteiger partial charge in [-0.2, -0.15) is 5.10 Å². The number of carbonyl (C=O) groups is 1. The Morgan fingerprint density at radius 2 is 2.17 bits per heavy atom. The molecule has 0 radical (unpaired) electrons. The van der Waals surface area contributed by atoms with E-state index in [0.717, 1.165) is 28.3 Å². The highest BCUT2D eigenvalue weighted by Gasteiger charge is 2.07. The summed E-state index contributed by atoms with van der Waals surface area (Å²) >= 11 is 7.82. The Bertz CT molecular complexity index is 972. The summed E-state index contributed by atoms with van der Waals surface area (Å²) in [4.78, 5) is 16.1. The smallest absolute Gasteiger partial charge is 0.285 e. The molecule has 0 spiro atoms. The van der Waals surface area contributed by atoms with Gasteiger partial charge in [0.25, 0.3) is 5.95 Å². The summed E-state index contributed by atoms with van der Waals surface area (Å²) < 4.78 is 11.2. The molecule has 0 aliphatic rings. The fourth-order valence-electron chi connectivity index (χ4n) is 2.54. The summed E-state index contributed by atoms with van der Waals surface area (Å²) in [6.45, 7) is 2.29. The Morgan fingerprint density at radius 3 is 2.97 bits per heavy atom. The van der Waals surface area contributed by atoms with Crippen molar-refractivity contribution >= 4 is 35.5 Å². The highest BCUT2D eigenvalue weighted by Crippen LogP contribution is 2.23. The number of ether oxygens (including phenoxy) is 1. The number of halogens is 1. The average molecular weight is 444 g/mol. The first-order chi connectivity index (χ1) is 14.6. The standard InChI is InChI=1S/C22H22ClN3O3S/c1-16-6-4-7-19(23)18(16)15-28-22-11-10-17(29-22)14-25-26-20(27)8-5-13-30-21-9-2-3-12-24-21/h2-4,6-7,9-12,14H,5,8,13,15H2,1H3,(H,26,27)/b25-14-. The molecule has 0 aliphatic carbocycles. The van der Waals surface area contributed by atoms with Crippen LogP contribution in [0.15, 0.2) is 69.3 Å². The van der Waals surface area contributed by atoms with Gasteiger partial charge in [0.1, 0.15) is 6.61 Å². The maximum atomic E-state index is 11.9. The van der Waals surface area contributed by atoms with E-state index in [2.05, 4.69) is 15.5 Å². The van der Waals surface area contributed by atoms with Crippen LogP contribution in [0.2, 0.25) is 5.02 Å². The van der Waals surface area contributed by atoms with E-state index >= 15 is 0 Å². The van der Waals surface area contributed by atoms with Gasteiger partial charge in [0.15, 0.2) is 5.76 Å². The van der Waals surface area contributed by atoms with Crippen molar-refractivity contribution in [2.45, 2.75) is 31.4 Å². The molecule has 1 amide bonds. The van der Waals surface area contributed by atoms with Crippen LogP contribution in [0.3, 0.4) is 0 Å². The molecule has 3 aromatic rings. The lowest BCUT2D eigenvalue weighted by atomic mass is 10.1. The lowest BCUT2D eigenvalue weighted by Crippen LogP contribution is -2.17. The van der Waals surface area contributed by atoms with E-state index in [9.17, 15) is 4.79 Å². The van der Waals surface area contributed by atoms with E-state index in [0.29, 0.717) is 29.8 Å². The van der Waals surface area contributed by atoms with Crippen molar-refractivity contribution in [3.63, 3.8) is 0 Å². The van der Waals surface area contributed by atoms with Crippen LogP contribution in [0.25, 0.3) is 0 Å². The van der Waals surface area contributed by atoms with Gasteiger partial charge >= 0.3 is 0 Å². The second-order valence-corrected chi connectivity index (χ2v) is 7.92. The van der Waals surface area contributed by atoms with Crippen LogP contribution in [-0.2, 0) is 11.4 Å². The number of pyridine rings is 1. The van der Waals surface area contributed by atoms with E-state index in [1.807, 2.05) is 43.3 Å². The van der Waals surface area contributed by atoms with Gasteiger partial charge in [-0.1, -0.05) is 29.8 Å². The number of hydrazone groups is 1. The zero-order valence-corrected chi connectivity index (χ0v) is 18.1. The summed E-state index contributed by atoms with van der Waals surface area (Å²) in [5, 5.41) is 5.54. The number of amides is 1. The normalized spacial score (nSPS) is 11.0. The topological polar surface area (TPSA) is 76.7 Å². The fraction of sp³-hybridized carbons (Fsp3) is 0.227. The third-order valence-corrected chi connectivity index (χ3v) is 5.52. The van der Waals surface area contributed by atoms with Crippen molar-refractivity contribution in [3.8, 4) is 5.95 Å². The van der Waals surface area contributed by atoms with E-state index in [-0.39, 0.29) is 5.91 Å². The number of benzene rings is 1. The molecule has 156 valence electrons. The molecule has 6 nitrogen and oxygen atoms in total. The molecule has 0 saturated heterocycles. The van der Waals surface area contributed by atoms with Crippen LogP contribution >= 0.6 is 23.4 Å². The third-order valence-electron chi connectivity index (χ3n) is 4.13. The summed E-state index contributed by atoms with van der Waals surface area (Å²) in [5.74, 6) is 1.50. The van der Waals surface area contributed by atoms with Crippen LogP contribution in [0.4, 0.5) is 0 Å². The number of nitrogens with zero attached hydrogens (tertiary/aromatic N) is 2.